The van der Waals surface area contributed by atoms with Crippen LogP contribution in [0.2, 0.25) is 0 Å². The summed E-state index contributed by atoms with van der Waals surface area (Å²) >= 11 is 1.78. The Kier molecular flexibility index (Phi) is 5.87. The number of nitrogens with zero attached hydrogens (tertiary/aromatic N) is 3. The molecule has 1 aliphatic heterocycles. The predicted octanol–water partition coefficient (Wildman–Crippen LogP) is 2.25. The number of ether oxygens (including phenoxy) is 1. The number of quaternary nitrogens is 1. The monoisotopic (exact) mass is 381 g/mol. The second-order valence-electron chi connectivity index (χ2n) is 6.80. The van der Waals surface area contributed by atoms with E-state index in [1.165, 1.54) is 5.56 Å². The second kappa shape index (κ2) is 8.69. The van der Waals surface area contributed by atoms with Gasteiger partial charge in [-0.1, -0.05) is 59.8 Å². The maximum Gasteiger partial charge on any atom is 0.196 e. The zero-order valence-electron chi connectivity index (χ0n) is 15.6. The van der Waals surface area contributed by atoms with Gasteiger partial charge in [0.25, 0.3) is 0 Å². The van der Waals surface area contributed by atoms with E-state index < -0.39 is 0 Å². The lowest BCUT2D eigenvalue weighted by Gasteiger charge is -2.23. The molecule has 3 aromatic rings. The minimum Gasteiger partial charge on any atom is -0.370 e. The third-order valence-electron chi connectivity index (χ3n) is 4.84. The topological polar surface area (TPSA) is 44.4 Å². The molecule has 1 saturated heterocycles. The molecule has 2 aromatic carbocycles. The van der Waals surface area contributed by atoms with Gasteiger partial charge in [-0.2, -0.15) is 0 Å². The zero-order valence-corrected chi connectivity index (χ0v) is 16.4. The maximum absolute atomic E-state index is 5.45. The van der Waals surface area contributed by atoms with E-state index in [0.717, 1.165) is 60.8 Å². The highest BCUT2D eigenvalue weighted by atomic mass is 32.2. The largest absolute Gasteiger partial charge is 0.370 e. The van der Waals surface area contributed by atoms with E-state index in [0.29, 0.717) is 0 Å². The molecule has 0 bridgehead atoms. The van der Waals surface area contributed by atoms with Crippen molar-refractivity contribution in [2.24, 2.45) is 0 Å². The van der Waals surface area contributed by atoms with Gasteiger partial charge in [0, 0.05) is 11.3 Å². The van der Waals surface area contributed by atoms with Crippen LogP contribution >= 0.6 is 11.8 Å². The minimum absolute atomic E-state index is 0.873. The number of rotatable bonds is 6. The standard InChI is InChI=1S/C21H24N4OS/c1-17-7-9-19(10-8-17)25-20(18-5-3-2-4-6-18)22-23-21(25)27-16-13-24-11-14-26-15-12-24/h2-10H,11-16H2,1H3/p+1. The Labute approximate surface area is 164 Å². The fraction of sp³-hybridized carbons (Fsp3) is 0.333. The van der Waals surface area contributed by atoms with Crippen molar-refractivity contribution in [3.05, 3.63) is 60.2 Å². The Morgan fingerprint density at radius 1 is 1.00 bits per heavy atom. The summed E-state index contributed by atoms with van der Waals surface area (Å²) in [6.07, 6.45) is 0. The van der Waals surface area contributed by atoms with Gasteiger partial charge >= 0.3 is 0 Å². The molecule has 4 rings (SSSR count). The average Bonchev–Trinajstić information content (AvgIpc) is 3.14. The number of benzene rings is 2. The summed E-state index contributed by atoms with van der Waals surface area (Å²) in [6, 6.07) is 18.8. The molecular formula is C21H25N4OS+. The molecule has 1 fully saturated rings. The molecule has 0 spiro atoms. The van der Waals surface area contributed by atoms with Crippen LogP contribution in [0.25, 0.3) is 17.1 Å². The third kappa shape index (κ3) is 4.40. The summed E-state index contributed by atoms with van der Waals surface area (Å²) in [7, 11) is 0. The summed E-state index contributed by atoms with van der Waals surface area (Å²) in [6.45, 7) is 7.17. The maximum atomic E-state index is 5.45. The summed E-state index contributed by atoms with van der Waals surface area (Å²) in [5.41, 5.74) is 3.43. The Morgan fingerprint density at radius 2 is 1.74 bits per heavy atom. The van der Waals surface area contributed by atoms with Crippen molar-refractivity contribution in [1.82, 2.24) is 14.8 Å². The lowest BCUT2D eigenvalue weighted by Crippen LogP contribution is -3.14. The molecule has 6 heteroatoms. The Bertz CT molecular complexity index is 858. The van der Waals surface area contributed by atoms with Crippen molar-refractivity contribution >= 4 is 11.8 Å². The molecule has 2 heterocycles. The average molecular weight is 382 g/mol. The van der Waals surface area contributed by atoms with Gasteiger partial charge in [0.2, 0.25) is 0 Å². The van der Waals surface area contributed by atoms with Crippen molar-refractivity contribution in [2.75, 3.05) is 38.6 Å². The predicted molar refractivity (Wildman–Crippen MR) is 109 cm³/mol. The number of morpholine rings is 1. The molecular weight excluding hydrogens is 356 g/mol. The molecule has 27 heavy (non-hydrogen) atoms. The highest BCUT2D eigenvalue weighted by Gasteiger charge is 2.18. The van der Waals surface area contributed by atoms with Gasteiger partial charge < -0.3 is 9.64 Å². The van der Waals surface area contributed by atoms with Crippen molar-refractivity contribution < 1.29 is 9.64 Å². The van der Waals surface area contributed by atoms with E-state index in [9.17, 15) is 0 Å². The minimum atomic E-state index is 0.873. The summed E-state index contributed by atoms with van der Waals surface area (Å²) in [5.74, 6) is 1.91. The first kappa shape index (κ1) is 18.2. The van der Waals surface area contributed by atoms with Crippen LogP contribution in [0.5, 0.6) is 0 Å². The Hall–Kier alpha value is -2.15. The SMILES string of the molecule is Cc1ccc(-n2c(SCC[NH+]3CCOCC3)nnc2-c2ccccc2)cc1. The van der Waals surface area contributed by atoms with E-state index in [4.69, 9.17) is 4.74 Å². The lowest BCUT2D eigenvalue weighted by atomic mass is 10.2. The molecule has 0 radical (unpaired) electrons. The van der Waals surface area contributed by atoms with E-state index in [2.05, 4.69) is 58.1 Å². The molecule has 0 saturated carbocycles. The highest BCUT2D eigenvalue weighted by molar-refractivity contribution is 7.99. The number of hydrogen-bond donors (Lipinski definition) is 1. The van der Waals surface area contributed by atoms with Gasteiger partial charge in [0.05, 0.1) is 25.5 Å². The van der Waals surface area contributed by atoms with Gasteiger partial charge in [0.15, 0.2) is 11.0 Å². The number of aromatic nitrogens is 3. The number of thioether (sulfide) groups is 1. The van der Waals surface area contributed by atoms with E-state index in [1.54, 1.807) is 16.7 Å². The molecule has 0 unspecified atom stereocenters. The van der Waals surface area contributed by atoms with Crippen molar-refractivity contribution in [3.63, 3.8) is 0 Å². The summed E-state index contributed by atoms with van der Waals surface area (Å²) < 4.78 is 7.62. The molecule has 0 amide bonds. The van der Waals surface area contributed by atoms with Gasteiger partial charge in [-0.05, 0) is 19.1 Å². The third-order valence-corrected chi connectivity index (χ3v) is 5.77. The normalized spacial score (nSPS) is 15.1. The second-order valence-corrected chi connectivity index (χ2v) is 7.87. The quantitative estimate of drug-likeness (QED) is 0.665. The molecule has 140 valence electrons. The van der Waals surface area contributed by atoms with Crippen LogP contribution < -0.4 is 4.90 Å². The molecule has 1 N–H and O–H groups in total. The van der Waals surface area contributed by atoms with Crippen molar-refractivity contribution in [2.45, 2.75) is 12.1 Å². The zero-order chi connectivity index (χ0) is 18.5. The van der Waals surface area contributed by atoms with Crippen LogP contribution in [0.15, 0.2) is 59.8 Å². The van der Waals surface area contributed by atoms with E-state index in [-0.39, 0.29) is 0 Å². The van der Waals surface area contributed by atoms with Gasteiger partial charge in [-0.15, -0.1) is 10.2 Å². The van der Waals surface area contributed by atoms with Crippen molar-refractivity contribution in [1.29, 1.82) is 0 Å². The number of aryl methyl sites for hydroxylation is 1. The van der Waals surface area contributed by atoms with E-state index in [1.807, 2.05) is 18.2 Å². The van der Waals surface area contributed by atoms with Gasteiger partial charge in [0.1, 0.15) is 13.1 Å². The van der Waals surface area contributed by atoms with E-state index >= 15 is 0 Å². The van der Waals surface area contributed by atoms with Gasteiger partial charge in [-0.3, -0.25) is 4.57 Å². The number of nitrogens with one attached hydrogen (secondary N) is 1. The fourth-order valence-electron chi connectivity index (χ4n) is 3.26. The highest BCUT2D eigenvalue weighted by Crippen LogP contribution is 2.27. The first-order valence-corrected chi connectivity index (χ1v) is 10.4. The van der Waals surface area contributed by atoms with Crippen LogP contribution in [-0.4, -0.2) is 53.4 Å². The Morgan fingerprint density at radius 3 is 2.48 bits per heavy atom. The Balaban J connectivity index is 1.59. The summed E-state index contributed by atoms with van der Waals surface area (Å²) in [4.78, 5) is 1.61. The molecule has 0 aliphatic carbocycles. The first-order valence-electron chi connectivity index (χ1n) is 9.43. The lowest BCUT2D eigenvalue weighted by molar-refractivity contribution is -0.905. The van der Waals surface area contributed by atoms with Crippen LogP contribution in [0, 0.1) is 6.92 Å². The molecule has 1 aliphatic rings. The summed E-state index contributed by atoms with van der Waals surface area (Å²) in [5, 5.41) is 9.98. The van der Waals surface area contributed by atoms with Gasteiger partial charge in [-0.25, -0.2) is 0 Å². The smallest absolute Gasteiger partial charge is 0.196 e. The molecule has 5 nitrogen and oxygen atoms in total. The van der Waals surface area contributed by atoms with Crippen LogP contribution in [-0.2, 0) is 4.74 Å². The van der Waals surface area contributed by atoms with Crippen LogP contribution in [0.3, 0.4) is 0 Å². The van der Waals surface area contributed by atoms with Crippen LogP contribution in [0.4, 0.5) is 0 Å². The molecule has 0 atom stereocenters. The molecule has 1 aromatic heterocycles. The fourth-order valence-corrected chi connectivity index (χ4v) is 4.25. The number of hydrogen-bond acceptors (Lipinski definition) is 4. The first-order chi connectivity index (χ1) is 13.3. The van der Waals surface area contributed by atoms with Crippen molar-refractivity contribution in [3.8, 4) is 17.1 Å². The van der Waals surface area contributed by atoms with Crippen LogP contribution in [0.1, 0.15) is 5.56 Å².